The summed E-state index contributed by atoms with van der Waals surface area (Å²) in [5, 5.41) is 0. The second kappa shape index (κ2) is 8.70. The molecule has 0 aliphatic carbocycles. The van der Waals surface area contributed by atoms with Crippen molar-refractivity contribution in [3.05, 3.63) is 0 Å². The first kappa shape index (κ1) is 21.9. The van der Waals surface area contributed by atoms with Gasteiger partial charge in [-0.15, -0.1) is 0 Å². The predicted octanol–water partition coefficient (Wildman–Crippen LogP) is -1.02. The van der Waals surface area contributed by atoms with Crippen LogP contribution in [-0.4, -0.2) is 53.8 Å². The van der Waals surface area contributed by atoms with Crippen molar-refractivity contribution in [2.75, 3.05) is 5.75 Å². The molecule has 11 nitrogen and oxygen atoms in total. The first-order valence-corrected chi connectivity index (χ1v) is 7.81. The van der Waals surface area contributed by atoms with Gasteiger partial charge in [0.05, 0.1) is 5.75 Å². The number of hydrogen-bond donors (Lipinski definition) is 5. The highest BCUT2D eigenvalue weighted by molar-refractivity contribution is 7.85. The van der Waals surface area contributed by atoms with Gasteiger partial charge in [-0.05, 0) is 6.42 Å². The van der Waals surface area contributed by atoms with Gasteiger partial charge in [0.1, 0.15) is 0 Å². The molecule has 0 aromatic rings. The van der Waals surface area contributed by atoms with Crippen molar-refractivity contribution >= 4 is 30.9 Å². The van der Waals surface area contributed by atoms with Crippen LogP contribution in [0.2, 0.25) is 0 Å². The maximum atomic E-state index is 9.79. The Bertz CT molecular complexity index is 420. The maximum Gasteiger partial charge on any atom is 0.394 e. The van der Waals surface area contributed by atoms with Crippen LogP contribution in [0.3, 0.4) is 0 Å². The van der Waals surface area contributed by atoms with Crippen LogP contribution >= 0.6 is 0 Å². The summed E-state index contributed by atoms with van der Waals surface area (Å²) >= 11 is 0. The average Bonchev–Trinajstić information content (AvgIpc) is 1.73. The highest BCUT2D eigenvalue weighted by Gasteiger charge is 1.98. The third kappa shape index (κ3) is 219. The van der Waals surface area contributed by atoms with Crippen molar-refractivity contribution in [1.82, 2.24) is 0 Å². The van der Waals surface area contributed by atoms with Gasteiger partial charge in [-0.3, -0.25) is 22.8 Å². The molecule has 0 heterocycles. The van der Waals surface area contributed by atoms with Gasteiger partial charge >= 0.3 is 20.8 Å². The van der Waals surface area contributed by atoms with Crippen molar-refractivity contribution in [3.8, 4) is 0 Å². The first-order chi connectivity index (χ1) is 7.06. The molecule has 0 atom stereocenters. The zero-order valence-corrected chi connectivity index (χ0v) is 10.8. The quantitative estimate of drug-likeness (QED) is 0.389. The van der Waals surface area contributed by atoms with Crippen LogP contribution < -0.4 is 0 Å². The van der Waals surface area contributed by atoms with Gasteiger partial charge in [-0.25, -0.2) is 0 Å². The summed E-state index contributed by atoms with van der Waals surface area (Å²) in [6, 6.07) is 0. The van der Waals surface area contributed by atoms with E-state index in [1.165, 1.54) is 0 Å². The molecular formula is C3H12O11S3. The Hall–Kier alpha value is -0.350. The van der Waals surface area contributed by atoms with E-state index in [9.17, 15) is 8.42 Å². The van der Waals surface area contributed by atoms with Gasteiger partial charge in [0.15, 0.2) is 0 Å². The molecule has 5 N–H and O–H groups in total. The lowest BCUT2D eigenvalue weighted by atomic mass is 10.6. The van der Waals surface area contributed by atoms with Crippen molar-refractivity contribution < 1.29 is 48.0 Å². The average molecular weight is 320 g/mol. The lowest BCUT2D eigenvalue weighted by Gasteiger charge is -1.85. The minimum absolute atomic E-state index is 0.132. The topological polar surface area (TPSA) is 204 Å². The minimum atomic E-state index is -4.67. The maximum absolute atomic E-state index is 9.79. The Morgan fingerprint density at radius 2 is 0.882 bits per heavy atom. The Morgan fingerprint density at radius 1 is 0.706 bits per heavy atom. The summed E-state index contributed by atoms with van der Waals surface area (Å²) in [5.41, 5.74) is 0. The third-order valence-corrected chi connectivity index (χ3v) is 1.39. The summed E-state index contributed by atoms with van der Waals surface area (Å²) < 4.78 is 90.7. The van der Waals surface area contributed by atoms with Crippen LogP contribution in [0.4, 0.5) is 0 Å². The fraction of sp³-hybridized carbons (Fsp3) is 1.00. The smallest absolute Gasteiger partial charge is 0.286 e. The third-order valence-electron chi connectivity index (χ3n) is 0.462. The van der Waals surface area contributed by atoms with Crippen LogP contribution in [0.1, 0.15) is 13.3 Å². The van der Waals surface area contributed by atoms with Gasteiger partial charge in [0.25, 0.3) is 10.1 Å². The van der Waals surface area contributed by atoms with Crippen LogP contribution in [-0.2, 0) is 30.9 Å². The van der Waals surface area contributed by atoms with E-state index in [1.807, 2.05) is 0 Å². The normalized spacial score (nSPS) is 11.6. The molecule has 0 aliphatic heterocycles. The van der Waals surface area contributed by atoms with E-state index in [4.69, 9.17) is 39.6 Å². The molecule has 0 bridgehead atoms. The lowest BCUT2D eigenvalue weighted by molar-refractivity contribution is 0.378. The second-order valence-electron chi connectivity index (χ2n) is 2.18. The van der Waals surface area contributed by atoms with Gasteiger partial charge in [-0.1, -0.05) is 6.92 Å². The molecule has 0 saturated heterocycles. The molecule has 0 spiro atoms. The van der Waals surface area contributed by atoms with Crippen molar-refractivity contribution in [3.63, 3.8) is 0 Å². The van der Waals surface area contributed by atoms with Gasteiger partial charge in [0.2, 0.25) is 0 Å². The number of hydrogen-bond acceptors (Lipinski definition) is 6. The molecule has 0 saturated carbocycles. The second-order valence-corrected chi connectivity index (χ2v) is 5.55. The molecule has 0 aromatic heterocycles. The number of rotatable bonds is 2. The van der Waals surface area contributed by atoms with Crippen LogP contribution in [0, 0.1) is 0 Å². The van der Waals surface area contributed by atoms with Gasteiger partial charge < -0.3 is 0 Å². The molecule has 17 heavy (non-hydrogen) atoms. The van der Waals surface area contributed by atoms with E-state index in [0.29, 0.717) is 6.42 Å². The Labute approximate surface area is 98.4 Å². The van der Waals surface area contributed by atoms with Crippen molar-refractivity contribution in [2.24, 2.45) is 0 Å². The zero-order valence-electron chi connectivity index (χ0n) is 8.32. The molecule has 0 radical (unpaired) electrons. The summed E-state index contributed by atoms with van der Waals surface area (Å²) in [4.78, 5) is 0. The van der Waals surface area contributed by atoms with Gasteiger partial charge in [0, 0.05) is 0 Å². The fourth-order valence-electron chi connectivity index (χ4n) is 0.258. The Balaban J connectivity index is -0.000000177. The SMILES string of the molecule is CCCS(=O)(=O)O.O=S(=O)(O)O.O=S(=O)(O)O. The molecule has 14 heteroatoms. The predicted molar refractivity (Wildman–Crippen MR) is 55.1 cm³/mol. The fourth-order valence-corrected chi connectivity index (χ4v) is 0.774. The van der Waals surface area contributed by atoms with E-state index >= 15 is 0 Å². The monoisotopic (exact) mass is 320 g/mol. The molecular weight excluding hydrogens is 308 g/mol. The van der Waals surface area contributed by atoms with E-state index in [2.05, 4.69) is 0 Å². The van der Waals surface area contributed by atoms with E-state index in [1.54, 1.807) is 6.92 Å². The zero-order chi connectivity index (χ0) is 14.9. The molecule has 0 unspecified atom stereocenters. The van der Waals surface area contributed by atoms with Crippen molar-refractivity contribution in [1.29, 1.82) is 0 Å². The van der Waals surface area contributed by atoms with E-state index in [0.717, 1.165) is 0 Å². The Morgan fingerprint density at radius 3 is 0.882 bits per heavy atom. The summed E-state index contributed by atoms with van der Waals surface area (Å²) in [6.45, 7) is 1.69. The van der Waals surface area contributed by atoms with Crippen molar-refractivity contribution in [2.45, 2.75) is 13.3 Å². The molecule has 0 aliphatic rings. The first-order valence-electron chi connectivity index (χ1n) is 3.41. The highest BCUT2D eigenvalue weighted by atomic mass is 32.3. The standard InChI is InChI=1S/C3H8O3S.2H2O4S/c1-2-3-7(4,5)6;2*1-5(2,3)4/h2-3H2,1H3,(H,4,5,6);2*(H2,1,2,3,4). The molecule has 0 rings (SSSR count). The molecule has 0 aromatic carbocycles. The largest absolute Gasteiger partial charge is 0.394 e. The minimum Gasteiger partial charge on any atom is -0.286 e. The van der Waals surface area contributed by atoms with Crippen LogP contribution in [0.15, 0.2) is 0 Å². The highest BCUT2D eigenvalue weighted by Crippen LogP contribution is 1.83. The molecule has 0 fully saturated rings. The molecule has 108 valence electrons. The molecule has 0 amide bonds. The summed E-state index contributed by atoms with van der Waals surface area (Å²) in [6.07, 6.45) is 0.471. The van der Waals surface area contributed by atoms with E-state index < -0.39 is 30.9 Å². The van der Waals surface area contributed by atoms with Crippen LogP contribution in [0.25, 0.3) is 0 Å². The Kier molecular flexibility index (Phi) is 11.2. The summed E-state index contributed by atoms with van der Waals surface area (Å²) in [5.74, 6) is -0.132. The van der Waals surface area contributed by atoms with Gasteiger partial charge in [-0.2, -0.15) is 25.3 Å². The van der Waals surface area contributed by atoms with Crippen LogP contribution in [0.5, 0.6) is 0 Å². The lowest BCUT2D eigenvalue weighted by Crippen LogP contribution is -2.01. The van der Waals surface area contributed by atoms with E-state index in [-0.39, 0.29) is 5.75 Å². The summed E-state index contributed by atoms with van der Waals surface area (Å²) in [7, 11) is -13.0.